The molecule has 0 fully saturated rings. The van der Waals surface area contributed by atoms with E-state index >= 15 is 0 Å². The average Bonchev–Trinajstić information content (AvgIpc) is 3.38. The SMILES string of the molecule is CCOC(=O)c1nn(Cc2ccccn2)c2c1CN(C(=O)Cc1c(C)[nH]c3c(F)cccc13)CC2. The minimum atomic E-state index is -0.499. The van der Waals surface area contributed by atoms with Crippen molar-refractivity contribution in [2.24, 2.45) is 0 Å². The van der Waals surface area contributed by atoms with E-state index < -0.39 is 5.97 Å². The Morgan fingerprint density at radius 3 is 2.83 bits per heavy atom. The maximum atomic E-state index is 14.2. The number of ether oxygens (including phenoxy) is 1. The summed E-state index contributed by atoms with van der Waals surface area (Å²) in [6, 6.07) is 10.5. The molecular formula is C26H26FN5O3. The lowest BCUT2D eigenvalue weighted by Crippen LogP contribution is -2.37. The number of aryl methyl sites for hydroxylation is 1. The molecule has 0 radical (unpaired) electrons. The van der Waals surface area contributed by atoms with Crippen LogP contribution < -0.4 is 0 Å². The summed E-state index contributed by atoms with van der Waals surface area (Å²) in [4.78, 5) is 35.2. The van der Waals surface area contributed by atoms with E-state index in [9.17, 15) is 14.0 Å². The van der Waals surface area contributed by atoms with E-state index in [1.54, 1.807) is 28.8 Å². The van der Waals surface area contributed by atoms with Crippen molar-refractivity contribution in [2.75, 3.05) is 13.2 Å². The van der Waals surface area contributed by atoms with Gasteiger partial charge in [0.1, 0.15) is 5.82 Å². The van der Waals surface area contributed by atoms with Crippen LogP contribution in [0.4, 0.5) is 4.39 Å². The molecule has 8 nitrogen and oxygen atoms in total. The minimum Gasteiger partial charge on any atom is -0.461 e. The highest BCUT2D eigenvalue weighted by molar-refractivity contribution is 5.91. The monoisotopic (exact) mass is 475 g/mol. The number of hydrogen-bond donors (Lipinski definition) is 1. The van der Waals surface area contributed by atoms with Gasteiger partial charge in [0, 0.05) is 48.0 Å². The molecule has 0 aliphatic carbocycles. The highest BCUT2D eigenvalue weighted by atomic mass is 19.1. The Hall–Kier alpha value is -4.01. The Labute approximate surface area is 201 Å². The predicted molar refractivity (Wildman–Crippen MR) is 127 cm³/mol. The number of rotatable bonds is 6. The number of pyridine rings is 1. The number of hydrogen-bond acceptors (Lipinski definition) is 5. The van der Waals surface area contributed by atoms with Crippen LogP contribution in [0.15, 0.2) is 42.6 Å². The van der Waals surface area contributed by atoms with Crippen LogP contribution in [0.1, 0.15) is 45.6 Å². The van der Waals surface area contributed by atoms with Gasteiger partial charge in [-0.25, -0.2) is 9.18 Å². The molecule has 0 saturated heterocycles. The minimum absolute atomic E-state index is 0.0869. The predicted octanol–water partition coefficient (Wildman–Crippen LogP) is 3.56. The molecule has 4 heterocycles. The van der Waals surface area contributed by atoms with Crippen LogP contribution in [0.2, 0.25) is 0 Å². The van der Waals surface area contributed by atoms with Crippen molar-refractivity contribution >= 4 is 22.8 Å². The lowest BCUT2D eigenvalue weighted by molar-refractivity contribution is -0.131. The number of nitrogens with zero attached hydrogens (tertiary/aromatic N) is 4. The number of H-pyrrole nitrogens is 1. The number of carbonyl (C=O) groups excluding carboxylic acids is 2. The van der Waals surface area contributed by atoms with E-state index in [-0.39, 0.29) is 37.0 Å². The van der Waals surface area contributed by atoms with Crippen molar-refractivity contribution in [3.63, 3.8) is 0 Å². The van der Waals surface area contributed by atoms with E-state index in [4.69, 9.17) is 4.74 Å². The first-order valence-electron chi connectivity index (χ1n) is 11.6. The first kappa shape index (κ1) is 22.8. The van der Waals surface area contributed by atoms with Gasteiger partial charge in [-0.3, -0.25) is 14.5 Å². The van der Waals surface area contributed by atoms with Crippen molar-refractivity contribution in [1.29, 1.82) is 0 Å². The molecular weight excluding hydrogens is 449 g/mol. The maximum Gasteiger partial charge on any atom is 0.359 e. The molecule has 1 aliphatic heterocycles. The molecule has 35 heavy (non-hydrogen) atoms. The molecule has 9 heteroatoms. The maximum absolute atomic E-state index is 14.2. The zero-order valence-corrected chi connectivity index (χ0v) is 19.7. The standard InChI is InChI=1S/C26H26FN5O3/c1-3-35-26(34)25-20-15-31(12-10-22(20)32(30-25)14-17-7-4-5-11-28-17)23(33)13-19-16(2)29-24-18(19)8-6-9-21(24)27/h4-9,11,29H,3,10,12-15H2,1-2H3. The highest BCUT2D eigenvalue weighted by Gasteiger charge is 2.31. The first-order valence-corrected chi connectivity index (χ1v) is 11.6. The van der Waals surface area contributed by atoms with Crippen LogP contribution in [0.3, 0.4) is 0 Å². The third-order valence-electron chi connectivity index (χ3n) is 6.43. The quantitative estimate of drug-likeness (QED) is 0.431. The molecule has 1 N–H and O–H groups in total. The van der Waals surface area contributed by atoms with Gasteiger partial charge in [0.15, 0.2) is 5.69 Å². The van der Waals surface area contributed by atoms with Crippen molar-refractivity contribution in [2.45, 2.75) is 39.8 Å². The molecule has 0 bridgehead atoms. The van der Waals surface area contributed by atoms with Gasteiger partial charge >= 0.3 is 5.97 Å². The van der Waals surface area contributed by atoms with Gasteiger partial charge < -0.3 is 14.6 Å². The fourth-order valence-electron chi connectivity index (χ4n) is 4.70. The van der Waals surface area contributed by atoms with Gasteiger partial charge in [-0.1, -0.05) is 18.2 Å². The van der Waals surface area contributed by atoms with E-state index in [1.165, 1.54) is 6.07 Å². The lowest BCUT2D eigenvalue weighted by atomic mass is 10.0. The fourth-order valence-corrected chi connectivity index (χ4v) is 4.70. The number of nitrogens with one attached hydrogen (secondary N) is 1. The smallest absolute Gasteiger partial charge is 0.359 e. The number of para-hydroxylation sites is 1. The normalized spacial score (nSPS) is 13.2. The summed E-state index contributed by atoms with van der Waals surface area (Å²) < 4.78 is 21.2. The number of aromatic nitrogens is 4. The van der Waals surface area contributed by atoms with Crippen molar-refractivity contribution in [3.8, 4) is 0 Å². The molecule has 180 valence electrons. The van der Waals surface area contributed by atoms with E-state index in [2.05, 4.69) is 15.1 Å². The summed E-state index contributed by atoms with van der Waals surface area (Å²) in [6.07, 6.45) is 2.42. The Bertz CT molecular complexity index is 1410. The number of fused-ring (bicyclic) bond motifs is 2. The Kier molecular flexibility index (Phi) is 6.07. The van der Waals surface area contributed by atoms with Crippen molar-refractivity contribution in [3.05, 3.63) is 82.3 Å². The summed E-state index contributed by atoms with van der Waals surface area (Å²) in [5.74, 6) is -0.928. The Morgan fingerprint density at radius 1 is 1.20 bits per heavy atom. The van der Waals surface area contributed by atoms with Gasteiger partial charge in [0.2, 0.25) is 5.91 Å². The number of halogens is 1. The van der Waals surface area contributed by atoms with Crippen molar-refractivity contribution < 1.29 is 18.7 Å². The zero-order chi connectivity index (χ0) is 24.5. The molecule has 1 aliphatic rings. The van der Waals surface area contributed by atoms with Gasteiger partial charge in [-0.15, -0.1) is 0 Å². The number of amides is 1. The van der Waals surface area contributed by atoms with Crippen LogP contribution >= 0.6 is 0 Å². The molecule has 5 rings (SSSR count). The second-order valence-electron chi connectivity index (χ2n) is 8.61. The van der Waals surface area contributed by atoms with Crippen molar-refractivity contribution in [1.82, 2.24) is 24.6 Å². The number of esters is 1. The number of carbonyl (C=O) groups is 2. The van der Waals surface area contributed by atoms with Gasteiger partial charge in [0.05, 0.1) is 30.8 Å². The highest BCUT2D eigenvalue weighted by Crippen LogP contribution is 2.28. The lowest BCUT2D eigenvalue weighted by Gasteiger charge is -2.28. The molecule has 0 spiro atoms. The molecule has 0 saturated carbocycles. The average molecular weight is 476 g/mol. The molecule has 3 aromatic heterocycles. The second kappa shape index (κ2) is 9.32. The Balaban J connectivity index is 1.42. The third-order valence-corrected chi connectivity index (χ3v) is 6.43. The van der Waals surface area contributed by atoms with E-state index in [1.807, 2.05) is 31.2 Å². The van der Waals surface area contributed by atoms with Crippen LogP contribution in [0.25, 0.3) is 10.9 Å². The molecule has 4 aromatic rings. The largest absolute Gasteiger partial charge is 0.461 e. The fraction of sp³-hybridized carbons (Fsp3) is 0.308. The molecule has 0 atom stereocenters. The molecule has 1 amide bonds. The topological polar surface area (TPSA) is 93.1 Å². The first-order chi connectivity index (χ1) is 17.0. The number of aromatic amines is 1. The summed E-state index contributed by atoms with van der Waals surface area (Å²) in [5, 5.41) is 5.27. The summed E-state index contributed by atoms with van der Waals surface area (Å²) in [5.41, 5.74) is 4.65. The van der Waals surface area contributed by atoms with Crippen LogP contribution in [0, 0.1) is 12.7 Å². The van der Waals surface area contributed by atoms with E-state index in [0.29, 0.717) is 36.0 Å². The summed E-state index contributed by atoms with van der Waals surface area (Å²) >= 11 is 0. The van der Waals surface area contributed by atoms with Crippen LogP contribution in [-0.4, -0.2) is 49.7 Å². The zero-order valence-electron chi connectivity index (χ0n) is 19.7. The summed E-state index contributed by atoms with van der Waals surface area (Å²) in [6.45, 7) is 5.02. The molecule has 1 aromatic carbocycles. The number of benzene rings is 1. The third kappa shape index (κ3) is 4.29. The molecule has 0 unspecified atom stereocenters. The second-order valence-corrected chi connectivity index (χ2v) is 8.61. The van der Waals surface area contributed by atoms with Gasteiger partial charge in [0.25, 0.3) is 0 Å². The van der Waals surface area contributed by atoms with E-state index in [0.717, 1.165) is 22.6 Å². The van der Waals surface area contributed by atoms with Crippen LogP contribution in [-0.2, 0) is 35.5 Å². The Morgan fingerprint density at radius 2 is 2.06 bits per heavy atom. The summed E-state index contributed by atoms with van der Waals surface area (Å²) in [7, 11) is 0. The van der Waals surface area contributed by atoms with Gasteiger partial charge in [-0.2, -0.15) is 5.10 Å². The van der Waals surface area contributed by atoms with Crippen LogP contribution in [0.5, 0.6) is 0 Å². The van der Waals surface area contributed by atoms with Gasteiger partial charge in [-0.05, 0) is 37.6 Å².